The van der Waals surface area contributed by atoms with E-state index in [9.17, 15) is 18.0 Å². The van der Waals surface area contributed by atoms with Crippen LogP contribution in [-0.2, 0) is 23.9 Å². The van der Waals surface area contributed by atoms with Gasteiger partial charge in [0.25, 0.3) is 0 Å². The van der Waals surface area contributed by atoms with Crippen LogP contribution in [0.2, 0.25) is 0 Å². The Balaban J connectivity index is 1.42. The van der Waals surface area contributed by atoms with Gasteiger partial charge in [0.05, 0.1) is 5.56 Å². The van der Waals surface area contributed by atoms with Crippen LogP contribution in [0.15, 0.2) is 54.6 Å². The first-order chi connectivity index (χ1) is 14.9. The number of halogens is 3. The molecule has 1 aromatic heterocycles. The third-order valence-electron chi connectivity index (χ3n) is 5.16. The fraction of sp³-hybridized carbons (Fsp3) is 0.261. The summed E-state index contributed by atoms with van der Waals surface area (Å²) in [7, 11) is 0. The summed E-state index contributed by atoms with van der Waals surface area (Å²) in [4.78, 5) is 12.2. The van der Waals surface area contributed by atoms with Crippen molar-refractivity contribution in [2.75, 3.05) is 5.32 Å². The SMILES string of the molecule is O=C(/C=C/c1cccc(C(F)(F)F)c1)Nc1ccc(-c2nnc3n2CCCCC3)cc1. The van der Waals surface area contributed by atoms with Crippen LogP contribution in [0, 0.1) is 0 Å². The summed E-state index contributed by atoms with van der Waals surface area (Å²) in [5, 5.41) is 11.3. The van der Waals surface area contributed by atoms with Gasteiger partial charge in [0, 0.05) is 30.3 Å². The number of benzene rings is 2. The highest BCUT2D eigenvalue weighted by Gasteiger charge is 2.30. The third-order valence-corrected chi connectivity index (χ3v) is 5.16. The molecule has 0 aliphatic carbocycles. The predicted molar refractivity (Wildman–Crippen MR) is 112 cm³/mol. The number of carbonyl (C=O) groups is 1. The molecule has 2 heterocycles. The second-order valence-electron chi connectivity index (χ2n) is 7.43. The number of anilines is 1. The number of carbonyl (C=O) groups excluding carboxylic acids is 1. The van der Waals surface area contributed by atoms with E-state index in [0.717, 1.165) is 55.2 Å². The highest BCUT2D eigenvalue weighted by atomic mass is 19.4. The average molecular weight is 426 g/mol. The topological polar surface area (TPSA) is 59.8 Å². The van der Waals surface area contributed by atoms with Crippen molar-refractivity contribution in [3.05, 3.63) is 71.6 Å². The molecule has 1 aliphatic heterocycles. The lowest BCUT2D eigenvalue weighted by Crippen LogP contribution is -2.08. The summed E-state index contributed by atoms with van der Waals surface area (Å²) in [5.41, 5.74) is 1.04. The smallest absolute Gasteiger partial charge is 0.323 e. The Morgan fingerprint density at radius 2 is 1.84 bits per heavy atom. The van der Waals surface area contributed by atoms with Crippen LogP contribution in [0.4, 0.5) is 18.9 Å². The first kappa shape index (κ1) is 20.8. The van der Waals surface area contributed by atoms with Gasteiger partial charge in [-0.1, -0.05) is 18.6 Å². The molecule has 1 N–H and O–H groups in total. The fourth-order valence-corrected chi connectivity index (χ4v) is 3.58. The number of rotatable bonds is 4. The Morgan fingerprint density at radius 3 is 2.61 bits per heavy atom. The summed E-state index contributed by atoms with van der Waals surface area (Å²) in [5.74, 6) is 1.39. The van der Waals surface area contributed by atoms with Crippen molar-refractivity contribution >= 4 is 17.7 Å². The zero-order valence-electron chi connectivity index (χ0n) is 16.7. The van der Waals surface area contributed by atoms with Crippen LogP contribution >= 0.6 is 0 Å². The predicted octanol–water partition coefficient (Wildman–Crippen LogP) is 5.34. The fourth-order valence-electron chi connectivity index (χ4n) is 3.58. The molecule has 8 heteroatoms. The van der Waals surface area contributed by atoms with E-state index in [0.29, 0.717) is 11.3 Å². The van der Waals surface area contributed by atoms with Crippen molar-refractivity contribution in [2.24, 2.45) is 0 Å². The van der Waals surface area contributed by atoms with E-state index < -0.39 is 17.6 Å². The number of fused-ring (bicyclic) bond motifs is 1. The van der Waals surface area contributed by atoms with Gasteiger partial charge in [0.15, 0.2) is 5.82 Å². The number of alkyl halides is 3. The van der Waals surface area contributed by atoms with Gasteiger partial charge in [0.2, 0.25) is 5.91 Å². The van der Waals surface area contributed by atoms with E-state index in [2.05, 4.69) is 20.1 Å². The third kappa shape index (κ3) is 5.02. The van der Waals surface area contributed by atoms with E-state index in [1.165, 1.54) is 30.7 Å². The lowest BCUT2D eigenvalue weighted by atomic mass is 10.1. The van der Waals surface area contributed by atoms with Gasteiger partial charge in [-0.15, -0.1) is 10.2 Å². The number of aromatic nitrogens is 3. The van der Waals surface area contributed by atoms with Gasteiger partial charge in [-0.2, -0.15) is 13.2 Å². The first-order valence-electron chi connectivity index (χ1n) is 10.1. The summed E-state index contributed by atoms with van der Waals surface area (Å²) in [6.45, 7) is 0.899. The molecule has 31 heavy (non-hydrogen) atoms. The lowest BCUT2D eigenvalue weighted by Gasteiger charge is -2.08. The quantitative estimate of drug-likeness (QED) is 0.573. The molecule has 3 aromatic rings. The summed E-state index contributed by atoms with van der Waals surface area (Å²) >= 11 is 0. The van der Waals surface area contributed by atoms with Crippen LogP contribution in [0.5, 0.6) is 0 Å². The molecule has 5 nitrogen and oxygen atoms in total. The number of hydrogen-bond donors (Lipinski definition) is 1. The van der Waals surface area contributed by atoms with Gasteiger partial charge >= 0.3 is 6.18 Å². The zero-order chi connectivity index (χ0) is 21.8. The molecule has 1 aliphatic rings. The van der Waals surface area contributed by atoms with E-state index in [1.54, 1.807) is 12.1 Å². The molecule has 0 bridgehead atoms. The minimum atomic E-state index is -4.42. The Kier molecular flexibility index (Phi) is 5.88. The highest BCUT2D eigenvalue weighted by molar-refractivity contribution is 6.02. The van der Waals surface area contributed by atoms with Gasteiger partial charge in [-0.3, -0.25) is 4.79 Å². The summed E-state index contributed by atoms with van der Waals surface area (Å²) < 4.78 is 40.5. The monoisotopic (exact) mass is 426 g/mol. The molecule has 1 amide bonds. The van der Waals surface area contributed by atoms with Gasteiger partial charge in [-0.05, 0) is 60.9 Å². The average Bonchev–Trinajstić information content (AvgIpc) is 3.00. The largest absolute Gasteiger partial charge is 0.416 e. The van der Waals surface area contributed by atoms with Crippen molar-refractivity contribution in [3.63, 3.8) is 0 Å². The molecule has 4 rings (SSSR count). The van der Waals surface area contributed by atoms with Gasteiger partial charge < -0.3 is 9.88 Å². The standard InChI is InChI=1S/C23H21F3N4O/c24-23(25,26)18-6-4-5-16(15-18)8-13-21(31)27-19-11-9-17(10-12-19)22-29-28-20-7-2-1-3-14-30(20)22/h4-6,8-13,15H,1-3,7,14H2,(H,27,31)/b13-8+. The molecule has 2 aromatic carbocycles. The molecule has 0 atom stereocenters. The molecule has 0 fully saturated rings. The van der Waals surface area contributed by atoms with Crippen molar-refractivity contribution in [1.82, 2.24) is 14.8 Å². The summed E-state index contributed by atoms with van der Waals surface area (Å²) in [6, 6.07) is 12.1. The zero-order valence-corrected chi connectivity index (χ0v) is 16.7. The van der Waals surface area contributed by atoms with E-state index in [4.69, 9.17) is 0 Å². The second kappa shape index (κ2) is 8.75. The van der Waals surface area contributed by atoms with Crippen LogP contribution in [0.3, 0.4) is 0 Å². The van der Waals surface area contributed by atoms with Crippen molar-refractivity contribution in [1.29, 1.82) is 0 Å². The molecule has 0 saturated carbocycles. The second-order valence-corrected chi connectivity index (χ2v) is 7.43. The Labute approximate surface area is 177 Å². The van der Waals surface area contributed by atoms with Crippen LogP contribution in [0.1, 0.15) is 36.2 Å². The molecular weight excluding hydrogens is 405 g/mol. The van der Waals surface area contributed by atoms with E-state index in [-0.39, 0.29) is 0 Å². The maximum absolute atomic E-state index is 12.8. The minimum absolute atomic E-state index is 0.299. The number of hydrogen-bond acceptors (Lipinski definition) is 3. The number of amides is 1. The van der Waals surface area contributed by atoms with Crippen LogP contribution < -0.4 is 5.32 Å². The van der Waals surface area contributed by atoms with Crippen molar-refractivity contribution in [2.45, 2.75) is 38.4 Å². The highest BCUT2D eigenvalue weighted by Crippen LogP contribution is 2.30. The molecule has 0 spiro atoms. The van der Waals surface area contributed by atoms with Gasteiger partial charge in [-0.25, -0.2) is 0 Å². The van der Waals surface area contributed by atoms with E-state index >= 15 is 0 Å². The molecule has 0 saturated heterocycles. The number of nitrogens with zero attached hydrogens (tertiary/aromatic N) is 3. The first-order valence-corrected chi connectivity index (χ1v) is 10.1. The normalized spacial score (nSPS) is 14.3. The van der Waals surface area contributed by atoms with Crippen molar-refractivity contribution in [3.8, 4) is 11.4 Å². The maximum Gasteiger partial charge on any atom is 0.416 e. The Bertz CT molecular complexity index is 1100. The Morgan fingerprint density at radius 1 is 1.03 bits per heavy atom. The molecular formula is C23H21F3N4O. The number of aryl methyl sites for hydroxylation is 1. The molecule has 0 unspecified atom stereocenters. The number of nitrogens with one attached hydrogen (secondary N) is 1. The van der Waals surface area contributed by atoms with Crippen molar-refractivity contribution < 1.29 is 18.0 Å². The minimum Gasteiger partial charge on any atom is -0.323 e. The maximum atomic E-state index is 12.8. The van der Waals surface area contributed by atoms with Crippen LogP contribution in [-0.4, -0.2) is 20.7 Å². The molecule has 0 radical (unpaired) electrons. The van der Waals surface area contributed by atoms with E-state index in [1.807, 2.05) is 12.1 Å². The summed E-state index contributed by atoms with van der Waals surface area (Å²) in [6.07, 6.45) is 2.48. The Hall–Kier alpha value is -3.42. The lowest BCUT2D eigenvalue weighted by molar-refractivity contribution is -0.137. The van der Waals surface area contributed by atoms with Gasteiger partial charge in [0.1, 0.15) is 5.82 Å². The van der Waals surface area contributed by atoms with Crippen LogP contribution in [0.25, 0.3) is 17.5 Å². The molecule has 160 valence electrons.